The van der Waals surface area contributed by atoms with E-state index in [0.29, 0.717) is 34.5 Å². The molecule has 1 N–H and O–H groups in total. The Balaban J connectivity index is 3.73. The molecule has 0 bridgehead atoms. The number of hydrogen-bond acceptors (Lipinski definition) is 3. The molecule has 0 rings (SSSR count). The van der Waals surface area contributed by atoms with Crippen molar-refractivity contribution < 1.29 is 9.59 Å². The molecule has 0 fully saturated rings. The first kappa shape index (κ1) is 11.1. The standard InChI is InChI=1S/C6H11N2O2.Na/c1-7-5-6(10)8(2)3-4-9;/h7H,3,5H2,1-2H3;. The molecule has 0 spiro atoms. The predicted molar refractivity (Wildman–Crippen MR) is 42.3 cm³/mol. The number of nitrogens with one attached hydrogen (secondary N) is 1. The van der Waals surface area contributed by atoms with Crippen LogP contribution in [0.25, 0.3) is 0 Å². The predicted octanol–water partition coefficient (Wildman–Crippen LogP) is -1.64. The number of likely N-dealkylation sites (N-methyl/N-ethyl adjacent to an activating group) is 2. The molecule has 58 valence electrons. The maximum atomic E-state index is 11.0. The van der Waals surface area contributed by atoms with Gasteiger partial charge in [0.2, 0.25) is 0 Å². The second kappa shape index (κ2) is 5.71. The van der Waals surface area contributed by atoms with Crippen LogP contribution in [0.5, 0.6) is 0 Å². The van der Waals surface area contributed by atoms with Crippen molar-refractivity contribution in [2.75, 3.05) is 27.2 Å². The minimum absolute atomic E-state index is 0.0447. The fourth-order valence-electron chi connectivity index (χ4n) is 0.708. The van der Waals surface area contributed by atoms with Gasteiger partial charge in [-0.15, -0.1) is 0 Å². The van der Waals surface area contributed by atoms with Gasteiger partial charge in [-0.05, 0) is 0 Å². The van der Waals surface area contributed by atoms with Crippen LogP contribution in [0.15, 0.2) is 0 Å². The van der Waals surface area contributed by atoms with Crippen molar-refractivity contribution in [1.82, 2.24) is 10.2 Å². The van der Waals surface area contributed by atoms with Crippen molar-refractivity contribution in [3.63, 3.8) is 0 Å². The van der Waals surface area contributed by atoms with Crippen LogP contribution in [0.4, 0.5) is 0 Å². The van der Waals surface area contributed by atoms with E-state index < -0.39 is 0 Å². The number of amides is 1. The number of carbonyl (C=O) groups is 2. The fourth-order valence-corrected chi connectivity index (χ4v) is 1.18. The molecule has 0 aromatic rings. The van der Waals surface area contributed by atoms with Crippen LogP contribution in [0.1, 0.15) is 0 Å². The van der Waals surface area contributed by atoms with Crippen LogP contribution in [0.2, 0.25) is 0 Å². The van der Waals surface area contributed by atoms with E-state index in [1.54, 1.807) is 14.1 Å². The van der Waals surface area contributed by atoms with E-state index in [1.807, 2.05) is 0 Å². The van der Waals surface area contributed by atoms with E-state index in [0.717, 1.165) is 0 Å². The first-order valence-electron chi connectivity index (χ1n) is 3.46. The summed E-state index contributed by atoms with van der Waals surface area (Å²) in [5, 5.41) is 2.73. The monoisotopic (exact) mass is 166 g/mol. The molecule has 0 unspecified atom stereocenters. The summed E-state index contributed by atoms with van der Waals surface area (Å²) in [4.78, 5) is 23.1. The summed E-state index contributed by atoms with van der Waals surface area (Å²) in [7, 11) is 3.34. The molecule has 0 atom stereocenters. The van der Waals surface area contributed by atoms with Gasteiger partial charge < -0.3 is 0 Å². The zero-order valence-electron chi connectivity index (χ0n) is 7.18. The maximum absolute atomic E-state index is 11.0. The Morgan fingerprint density at radius 3 is 2.45 bits per heavy atom. The average molecular weight is 166 g/mol. The molecule has 0 aliphatic carbocycles. The van der Waals surface area contributed by atoms with Gasteiger partial charge in [-0.2, -0.15) is 0 Å². The SMILES string of the molecule is CNCC(=O)N(C)C[C](=O)[Na]. The molecular weight excluding hydrogens is 155 g/mol. The van der Waals surface area contributed by atoms with Crippen molar-refractivity contribution in [3.05, 3.63) is 0 Å². The summed E-state index contributed by atoms with van der Waals surface area (Å²) in [5.74, 6) is -0.0447. The molecule has 0 aliphatic rings. The molecule has 0 aliphatic heterocycles. The molecule has 4 nitrogen and oxygen atoms in total. The summed E-state index contributed by atoms with van der Waals surface area (Å²) >= 11 is 0.514. The summed E-state index contributed by atoms with van der Waals surface area (Å²) in [6.45, 7) is 0.554. The van der Waals surface area contributed by atoms with E-state index in [4.69, 9.17) is 0 Å². The number of hydrogen-bond donors (Lipinski definition) is 1. The van der Waals surface area contributed by atoms with E-state index in [2.05, 4.69) is 5.32 Å². The van der Waals surface area contributed by atoms with Crippen LogP contribution in [0, 0.1) is 0 Å². The number of rotatable bonds is 4. The minimum atomic E-state index is -0.0447. The molecule has 0 radical (unpaired) electrons. The molecule has 0 aromatic carbocycles. The summed E-state index contributed by atoms with van der Waals surface area (Å²) in [6, 6.07) is 0. The third-order valence-electron chi connectivity index (χ3n) is 1.21. The van der Waals surface area contributed by atoms with Crippen molar-refractivity contribution in [2.45, 2.75) is 0 Å². The Kier molecular flexibility index (Phi) is 5.76. The first-order valence-corrected chi connectivity index (χ1v) is 4.46. The topological polar surface area (TPSA) is 49.4 Å². The van der Waals surface area contributed by atoms with Crippen LogP contribution in [-0.4, -0.2) is 69.0 Å². The molecule has 5 heteroatoms. The van der Waals surface area contributed by atoms with Gasteiger partial charge in [0.05, 0.1) is 0 Å². The van der Waals surface area contributed by atoms with Gasteiger partial charge >= 0.3 is 83.9 Å². The third-order valence-corrected chi connectivity index (χ3v) is 1.53. The molecule has 0 heterocycles. The molecule has 0 saturated carbocycles. The van der Waals surface area contributed by atoms with E-state index in [-0.39, 0.29) is 15.5 Å². The molecule has 1 amide bonds. The second-order valence-electron chi connectivity index (χ2n) is 2.48. The normalized spacial score (nSPS) is 9.45. The zero-order valence-corrected chi connectivity index (χ0v) is 9.18. The first-order chi connectivity index (χ1) is 5.07. The van der Waals surface area contributed by atoms with Gasteiger partial charge in [-0.3, -0.25) is 0 Å². The quantitative estimate of drug-likeness (QED) is 0.509. The van der Waals surface area contributed by atoms with Crippen molar-refractivity contribution in [1.29, 1.82) is 0 Å². The summed E-state index contributed by atoms with van der Waals surface area (Å²) in [5.41, 5.74) is 0. The average Bonchev–Trinajstić information content (AvgIpc) is 1.86. The number of carbonyl (C=O) groups excluding carboxylic acids is 2. The Morgan fingerprint density at radius 1 is 1.55 bits per heavy atom. The van der Waals surface area contributed by atoms with E-state index in [9.17, 15) is 9.59 Å². The second-order valence-corrected chi connectivity index (χ2v) is 3.60. The molecular formula is C6H11N2NaO2. The molecule has 11 heavy (non-hydrogen) atoms. The Labute approximate surface area is 83.7 Å². The van der Waals surface area contributed by atoms with Crippen LogP contribution in [0.3, 0.4) is 0 Å². The van der Waals surface area contributed by atoms with Gasteiger partial charge in [0, 0.05) is 0 Å². The molecule has 0 saturated heterocycles. The number of nitrogens with zero attached hydrogens (tertiary/aromatic N) is 1. The van der Waals surface area contributed by atoms with E-state index >= 15 is 0 Å². The van der Waals surface area contributed by atoms with Gasteiger partial charge in [-0.1, -0.05) is 0 Å². The van der Waals surface area contributed by atoms with Crippen molar-refractivity contribution in [3.8, 4) is 0 Å². The van der Waals surface area contributed by atoms with Crippen molar-refractivity contribution >= 4 is 36.9 Å². The Morgan fingerprint density at radius 2 is 2.09 bits per heavy atom. The Bertz CT molecular complexity index is 161. The van der Waals surface area contributed by atoms with Crippen molar-refractivity contribution in [2.24, 2.45) is 0 Å². The van der Waals surface area contributed by atoms with Gasteiger partial charge in [0.15, 0.2) is 0 Å². The van der Waals surface area contributed by atoms with Gasteiger partial charge in [-0.25, -0.2) is 0 Å². The van der Waals surface area contributed by atoms with E-state index in [1.165, 1.54) is 4.90 Å². The Hall–Kier alpha value is 0.1000. The van der Waals surface area contributed by atoms with Crippen LogP contribution >= 0.6 is 0 Å². The van der Waals surface area contributed by atoms with Gasteiger partial charge in [0.1, 0.15) is 0 Å². The third kappa shape index (κ3) is 5.38. The summed E-state index contributed by atoms with van der Waals surface area (Å²) < 4.78 is 0.136. The molecule has 0 aromatic heterocycles. The fraction of sp³-hybridized carbons (Fsp3) is 0.667. The summed E-state index contributed by atoms with van der Waals surface area (Å²) in [6.07, 6.45) is 0. The van der Waals surface area contributed by atoms with Gasteiger partial charge in [0.25, 0.3) is 0 Å². The zero-order chi connectivity index (χ0) is 8.85. The van der Waals surface area contributed by atoms with Crippen LogP contribution in [-0.2, 0) is 9.59 Å². The van der Waals surface area contributed by atoms with Crippen LogP contribution < -0.4 is 5.32 Å².